The van der Waals surface area contributed by atoms with E-state index in [0.717, 1.165) is 43.6 Å². The Kier molecular flexibility index (Phi) is 3.81. The van der Waals surface area contributed by atoms with Gasteiger partial charge in [0.2, 0.25) is 0 Å². The lowest BCUT2D eigenvalue weighted by Crippen LogP contribution is -2.25. The van der Waals surface area contributed by atoms with Crippen LogP contribution in [0.4, 0.5) is 4.39 Å². The Morgan fingerprint density at radius 1 is 1.19 bits per heavy atom. The minimum atomic E-state index is -0.264. The highest BCUT2D eigenvalue weighted by Gasteiger charge is 2.32. The lowest BCUT2D eigenvalue weighted by atomic mass is 10.0. The Morgan fingerprint density at radius 3 is 2.92 bits per heavy atom. The maximum atomic E-state index is 13.9. The number of hydrogen-bond acceptors (Lipinski definition) is 3. The van der Waals surface area contributed by atoms with Crippen LogP contribution in [0.25, 0.3) is 11.0 Å². The molecule has 26 heavy (non-hydrogen) atoms. The summed E-state index contributed by atoms with van der Waals surface area (Å²) in [6, 6.07) is 5.38. The van der Waals surface area contributed by atoms with Gasteiger partial charge >= 0.3 is 0 Å². The molecule has 3 heterocycles. The van der Waals surface area contributed by atoms with E-state index in [-0.39, 0.29) is 5.82 Å². The van der Waals surface area contributed by atoms with Crippen molar-refractivity contribution in [3.63, 3.8) is 0 Å². The number of benzene rings is 1. The number of rotatable bonds is 3. The maximum Gasteiger partial charge on any atom is 0.151 e. The van der Waals surface area contributed by atoms with E-state index >= 15 is 0 Å². The van der Waals surface area contributed by atoms with Gasteiger partial charge in [-0.05, 0) is 57.2 Å². The summed E-state index contributed by atoms with van der Waals surface area (Å²) in [5, 5.41) is 0. The fraction of sp³-hybridized carbons (Fsp3) is 0.500. The number of H-pyrrole nitrogens is 1. The van der Waals surface area contributed by atoms with Crippen molar-refractivity contribution in [3.8, 4) is 0 Å². The zero-order chi connectivity index (χ0) is 17.7. The van der Waals surface area contributed by atoms with Crippen LogP contribution in [0.3, 0.4) is 0 Å². The van der Waals surface area contributed by atoms with Crippen LogP contribution in [-0.4, -0.2) is 31.0 Å². The van der Waals surface area contributed by atoms with Gasteiger partial charge in [-0.1, -0.05) is 6.07 Å². The summed E-state index contributed by atoms with van der Waals surface area (Å²) in [6.07, 6.45) is 7.07. The maximum absolute atomic E-state index is 13.9. The number of imidazole rings is 2. The van der Waals surface area contributed by atoms with Crippen LogP contribution in [0.2, 0.25) is 0 Å². The average Bonchev–Trinajstić information content (AvgIpc) is 3.34. The number of nitrogens with one attached hydrogen (secondary N) is 1. The molecule has 0 radical (unpaired) electrons. The molecule has 1 atom stereocenters. The molecule has 0 bridgehead atoms. The van der Waals surface area contributed by atoms with Gasteiger partial charge in [0.15, 0.2) is 5.82 Å². The lowest BCUT2D eigenvalue weighted by molar-refractivity contribution is 0.231. The van der Waals surface area contributed by atoms with E-state index in [2.05, 4.69) is 26.5 Å². The van der Waals surface area contributed by atoms with Gasteiger partial charge in [-0.3, -0.25) is 4.90 Å². The van der Waals surface area contributed by atoms with Gasteiger partial charge < -0.3 is 9.55 Å². The fourth-order valence-electron chi connectivity index (χ4n) is 4.63. The van der Waals surface area contributed by atoms with Crippen molar-refractivity contribution in [3.05, 3.63) is 47.1 Å². The predicted octanol–water partition coefficient (Wildman–Crippen LogP) is 3.65. The number of fused-ring (bicyclic) bond motifs is 2. The van der Waals surface area contributed by atoms with Gasteiger partial charge in [0.05, 0.1) is 23.8 Å². The van der Waals surface area contributed by atoms with E-state index in [0.29, 0.717) is 18.1 Å². The molecular formula is C20H24FN5. The van der Waals surface area contributed by atoms with Crippen molar-refractivity contribution in [1.82, 2.24) is 24.4 Å². The highest BCUT2D eigenvalue weighted by atomic mass is 19.1. The molecule has 6 heteroatoms. The summed E-state index contributed by atoms with van der Waals surface area (Å²) in [5.41, 5.74) is 3.92. The number of nitrogens with zero attached hydrogens (tertiary/aromatic N) is 4. The molecule has 0 unspecified atom stereocenters. The predicted molar refractivity (Wildman–Crippen MR) is 98.3 cm³/mol. The van der Waals surface area contributed by atoms with Crippen molar-refractivity contribution in [2.75, 3.05) is 6.54 Å². The van der Waals surface area contributed by atoms with Crippen LogP contribution < -0.4 is 0 Å². The number of aryl methyl sites for hydroxylation is 1. The zero-order valence-corrected chi connectivity index (χ0v) is 15.1. The highest BCUT2D eigenvalue weighted by molar-refractivity contribution is 5.75. The zero-order valence-electron chi connectivity index (χ0n) is 15.1. The van der Waals surface area contributed by atoms with E-state index in [1.165, 1.54) is 36.1 Å². The van der Waals surface area contributed by atoms with Crippen molar-refractivity contribution < 1.29 is 4.39 Å². The molecule has 136 valence electrons. The van der Waals surface area contributed by atoms with Gasteiger partial charge in [0.1, 0.15) is 17.2 Å². The Bertz CT molecular complexity index is 957. The number of para-hydroxylation sites is 1. The minimum absolute atomic E-state index is 0.264. The first-order valence-electron chi connectivity index (χ1n) is 9.62. The van der Waals surface area contributed by atoms with E-state index in [4.69, 9.17) is 4.98 Å². The molecule has 1 N–H and O–H groups in total. The van der Waals surface area contributed by atoms with E-state index < -0.39 is 0 Å². The van der Waals surface area contributed by atoms with Gasteiger partial charge in [0, 0.05) is 12.7 Å². The Hall–Kier alpha value is -2.21. The standard InChI is InChI=1S/C20H24FN5/c1-25-16-9-3-2-7-14(16)23-20(25)17-10-5-11-26(17)12-18-22-15-8-4-6-13(21)19(15)24-18/h4,6,8,17H,2-3,5,7,9-12H2,1H3,(H,22,24)/t17-/m0/s1. The fourth-order valence-corrected chi connectivity index (χ4v) is 4.63. The second-order valence-electron chi connectivity index (χ2n) is 7.58. The molecule has 0 spiro atoms. The molecule has 5 rings (SSSR count). The van der Waals surface area contributed by atoms with E-state index in [9.17, 15) is 4.39 Å². The van der Waals surface area contributed by atoms with Crippen molar-refractivity contribution >= 4 is 11.0 Å². The average molecular weight is 353 g/mol. The van der Waals surface area contributed by atoms with Crippen molar-refractivity contribution in [2.45, 2.75) is 51.1 Å². The van der Waals surface area contributed by atoms with Crippen LogP contribution >= 0.6 is 0 Å². The van der Waals surface area contributed by atoms with Crippen LogP contribution in [0.5, 0.6) is 0 Å². The van der Waals surface area contributed by atoms with Gasteiger partial charge in [-0.15, -0.1) is 0 Å². The largest absolute Gasteiger partial charge is 0.341 e. The molecular weight excluding hydrogens is 329 g/mol. The van der Waals surface area contributed by atoms with Gasteiger partial charge in [-0.25, -0.2) is 14.4 Å². The van der Waals surface area contributed by atoms with Crippen LogP contribution in [0.1, 0.15) is 54.8 Å². The molecule has 0 saturated carbocycles. The normalized spacial score (nSPS) is 20.8. The molecule has 1 saturated heterocycles. The van der Waals surface area contributed by atoms with Crippen molar-refractivity contribution in [1.29, 1.82) is 0 Å². The molecule has 0 amide bonds. The van der Waals surface area contributed by atoms with Gasteiger partial charge in [-0.2, -0.15) is 0 Å². The molecule has 1 aliphatic heterocycles. The molecule has 1 aromatic carbocycles. The minimum Gasteiger partial charge on any atom is -0.341 e. The van der Waals surface area contributed by atoms with E-state index in [1.54, 1.807) is 6.07 Å². The Balaban J connectivity index is 1.44. The SMILES string of the molecule is Cn1c([C@@H]2CCCN2Cc2nc3c(F)cccc3[nH]2)nc2c1CCCC2. The third-order valence-electron chi connectivity index (χ3n) is 5.94. The topological polar surface area (TPSA) is 49.7 Å². The highest BCUT2D eigenvalue weighted by Crippen LogP contribution is 2.34. The smallest absolute Gasteiger partial charge is 0.151 e. The number of likely N-dealkylation sites (tertiary alicyclic amines) is 1. The summed E-state index contributed by atoms with van der Waals surface area (Å²) in [7, 11) is 2.17. The van der Waals surface area contributed by atoms with Crippen LogP contribution in [-0.2, 0) is 26.4 Å². The van der Waals surface area contributed by atoms with Crippen LogP contribution in [0.15, 0.2) is 18.2 Å². The first-order valence-corrected chi connectivity index (χ1v) is 9.62. The summed E-state index contributed by atoms with van der Waals surface area (Å²) >= 11 is 0. The number of halogens is 1. The summed E-state index contributed by atoms with van der Waals surface area (Å²) < 4.78 is 16.3. The summed E-state index contributed by atoms with van der Waals surface area (Å²) in [4.78, 5) is 15.2. The lowest BCUT2D eigenvalue weighted by Gasteiger charge is -2.23. The summed E-state index contributed by atoms with van der Waals surface area (Å²) in [6.45, 7) is 1.73. The number of hydrogen-bond donors (Lipinski definition) is 1. The molecule has 3 aromatic rings. The van der Waals surface area contributed by atoms with Crippen LogP contribution in [0, 0.1) is 5.82 Å². The number of aromatic amines is 1. The second kappa shape index (κ2) is 6.20. The van der Waals surface area contributed by atoms with Gasteiger partial charge in [0.25, 0.3) is 0 Å². The quantitative estimate of drug-likeness (QED) is 0.782. The monoisotopic (exact) mass is 353 g/mol. The third kappa shape index (κ3) is 2.55. The molecule has 1 aliphatic carbocycles. The second-order valence-corrected chi connectivity index (χ2v) is 7.58. The third-order valence-corrected chi connectivity index (χ3v) is 5.94. The molecule has 1 fully saturated rings. The van der Waals surface area contributed by atoms with E-state index in [1.807, 2.05) is 6.07 Å². The Labute approximate surface area is 152 Å². The molecule has 5 nitrogen and oxygen atoms in total. The molecule has 2 aliphatic rings. The first kappa shape index (κ1) is 16.0. The molecule has 2 aromatic heterocycles. The van der Waals surface area contributed by atoms with Crippen molar-refractivity contribution in [2.24, 2.45) is 7.05 Å². The number of aromatic nitrogens is 4. The first-order chi connectivity index (χ1) is 12.7. The Morgan fingerprint density at radius 2 is 2.08 bits per heavy atom. The summed E-state index contributed by atoms with van der Waals surface area (Å²) in [5.74, 6) is 1.76.